The van der Waals surface area contributed by atoms with Crippen molar-refractivity contribution in [1.29, 1.82) is 0 Å². The highest BCUT2D eigenvalue weighted by Gasteiger charge is 2.20. The van der Waals surface area contributed by atoms with E-state index in [0.29, 0.717) is 25.9 Å². The summed E-state index contributed by atoms with van der Waals surface area (Å²) < 4.78 is 5.50. The van der Waals surface area contributed by atoms with E-state index in [-0.39, 0.29) is 18.5 Å². The van der Waals surface area contributed by atoms with Crippen molar-refractivity contribution in [1.82, 2.24) is 5.32 Å². The quantitative estimate of drug-likeness (QED) is 0.0320. The number of carbonyl (C=O) groups is 2. The van der Waals surface area contributed by atoms with Crippen LogP contribution in [0.1, 0.15) is 412 Å². The number of hydrogen-bond acceptors (Lipinski definition) is 5. The third-order valence-electron chi connectivity index (χ3n) is 17.1. The standard InChI is InChI=1S/C72H141NO5/c1-3-5-7-9-11-13-15-17-19-33-38-42-46-50-54-58-62-66-72(77)78-67-63-59-55-51-47-43-39-35-32-30-28-26-24-22-21-23-25-27-29-31-34-37-41-45-49-53-57-61-65-71(76)73-69(68-74)70(75)64-60-56-52-48-44-40-36-20-18-16-14-12-10-8-6-4-2/h17,19,69-70,74-75H,3-16,18,20-68H2,1-2H3,(H,73,76)/b19-17-. The fourth-order valence-corrected chi connectivity index (χ4v) is 11.6. The number of hydrogen-bond donors (Lipinski definition) is 3. The minimum absolute atomic E-state index is 0.0165. The van der Waals surface area contributed by atoms with Gasteiger partial charge >= 0.3 is 5.97 Å². The Labute approximate surface area is 489 Å². The van der Waals surface area contributed by atoms with E-state index in [2.05, 4.69) is 31.3 Å². The molecule has 0 aromatic rings. The van der Waals surface area contributed by atoms with Crippen LogP contribution in [-0.2, 0) is 14.3 Å². The summed E-state index contributed by atoms with van der Waals surface area (Å²) in [5.74, 6) is -0.0115. The molecule has 0 spiro atoms. The summed E-state index contributed by atoms with van der Waals surface area (Å²) in [6.07, 6.45) is 84.1. The molecule has 6 heteroatoms. The zero-order valence-electron chi connectivity index (χ0n) is 53.2. The Morgan fingerprint density at radius 2 is 0.603 bits per heavy atom. The normalized spacial score (nSPS) is 12.5. The summed E-state index contributed by atoms with van der Waals surface area (Å²) >= 11 is 0. The largest absolute Gasteiger partial charge is 0.466 e. The molecule has 0 saturated carbocycles. The molecule has 0 bridgehead atoms. The van der Waals surface area contributed by atoms with Gasteiger partial charge in [0.1, 0.15) is 0 Å². The zero-order chi connectivity index (χ0) is 56.4. The molecule has 464 valence electrons. The van der Waals surface area contributed by atoms with Crippen molar-refractivity contribution >= 4 is 11.9 Å². The van der Waals surface area contributed by atoms with Crippen molar-refractivity contribution in [2.45, 2.75) is 424 Å². The summed E-state index contributed by atoms with van der Waals surface area (Å²) in [5.41, 5.74) is 0. The molecule has 6 nitrogen and oxygen atoms in total. The van der Waals surface area contributed by atoms with Gasteiger partial charge in [-0.15, -0.1) is 0 Å². The van der Waals surface area contributed by atoms with E-state index in [9.17, 15) is 19.8 Å². The molecule has 0 radical (unpaired) electrons. The topological polar surface area (TPSA) is 95.9 Å². The Morgan fingerprint density at radius 3 is 0.910 bits per heavy atom. The number of aliphatic hydroxyl groups is 2. The van der Waals surface area contributed by atoms with E-state index in [1.54, 1.807) is 0 Å². The molecule has 3 N–H and O–H groups in total. The molecule has 0 aliphatic carbocycles. The van der Waals surface area contributed by atoms with Crippen LogP contribution in [0.4, 0.5) is 0 Å². The Kier molecular flexibility index (Phi) is 66.9. The Balaban J connectivity index is 3.32. The molecule has 0 aliphatic heterocycles. The van der Waals surface area contributed by atoms with Gasteiger partial charge in [0.05, 0.1) is 25.4 Å². The predicted molar refractivity (Wildman–Crippen MR) is 343 cm³/mol. The molecule has 0 fully saturated rings. The number of rotatable bonds is 68. The average molecular weight is 1100 g/mol. The number of aliphatic hydroxyl groups excluding tert-OH is 2. The van der Waals surface area contributed by atoms with Gasteiger partial charge in [-0.1, -0.05) is 360 Å². The Morgan fingerprint density at radius 1 is 0.346 bits per heavy atom. The maximum Gasteiger partial charge on any atom is 0.305 e. The molecule has 0 saturated heterocycles. The fraction of sp³-hybridized carbons (Fsp3) is 0.944. The van der Waals surface area contributed by atoms with Gasteiger partial charge < -0.3 is 20.3 Å². The molecule has 0 aromatic heterocycles. The number of ether oxygens (including phenoxy) is 1. The molecule has 0 rings (SSSR count). The van der Waals surface area contributed by atoms with Crippen molar-refractivity contribution in [2.75, 3.05) is 13.2 Å². The SMILES string of the molecule is CCCCCCCC/C=C\CCCCCCCCCC(=O)OCCCCCCCCCCCCCCCCCCCCCCCCCCCCCCC(=O)NC(CO)C(O)CCCCCCCCCCCCCCCCCC. The van der Waals surface area contributed by atoms with Crippen molar-refractivity contribution in [3.8, 4) is 0 Å². The van der Waals surface area contributed by atoms with E-state index in [1.165, 1.54) is 334 Å². The van der Waals surface area contributed by atoms with Gasteiger partial charge in [0.15, 0.2) is 0 Å². The lowest BCUT2D eigenvalue weighted by molar-refractivity contribution is -0.143. The van der Waals surface area contributed by atoms with Crippen LogP contribution in [0.5, 0.6) is 0 Å². The van der Waals surface area contributed by atoms with Crippen LogP contribution in [0.2, 0.25) is 0 Å². The van der Waals surface area contributed by atoms with Crippen LogP contribution in [0.25, 0.3) is 0 Å². The van der Waals surface area contributed by atoms with Crippen molar-refractivity contribution < 1.29 is 24.5 Å². The summed E-state index contributed by atoms with van der Waals surface area (Å²) in [6, 6.07) is -0.538. The first kappa shape index (κ1) is 76.6. The molecule has 0 heterocycles. The Bertz CT molecular complexity index is 1180. The van der Waals surface area contributed by atoms with Gasteiger partial charge in [0.2, 0.25) is 5.91 Å². The second-order valence-corrected chi connectivity index (χ2v) is 24.9. The highest BCUT2D eigenvalue weighted by atomic mass is 16.5. The highest BCUT2D eigenvalue weighted by Crippen LogP contribution is 2.19. The van der Waals surface area contributed by atoms with Gasteiger partial charge in [-0.25, -0.2) is 0 Å². The van der Waals surface area contributed by atoms with Crippen molar-refractivity contribution in [3.05, 3.63) is 12.2 Å². The highest BCUT2D eigenvalue weighted by molar-refractivity contribution is 5.76. The lowest BCUT2D eigenvalue weighted by Crippen LogP contribution is -2.45. The number of esters is 1. The third-order valence-corrected chi connectivity index (χ3v) is 17.1. The van der Waals surface area contributed by atoms with E-state index in [4.69, 9.17) is 4.74 Å². The molecule has 78 heavy (non-hydrogen) atoms. The van der Waals surface area contributed by atoms with Crippen LogP contribution >= 0.6 is 0 Å². The Hall–Kier alpha value is -1.40. The molecule has 2 unspecified atom stereocenters. The van der Waals surface area contributed by atoms with Gasteiger partial charge in [0, 0.05) is 12.8 Å². The fourth-order valence-electron chi connectivity index (χ4n) is 11.6. The molecule has 0 aliphatic rings. The van der Waals surface area contributed by atoms with Crippen LogP contribution in [0.15, 0.2) is 12.2 Å². The zero-order valence-corrected chi connectivity index (χ0v) is 53.2. The molecule has 0 aromatic carbocycles. The summed E-state index contributed by atoms with van der Waals surface area (Å²) in [4.78, 5) is 24.6. The maximum atomic E-state index is 12.5. The average Bonchev–Trinajstić information content (AvgIpc) is 3.44. The van der Waals surface area contributed by atoms with Gasteiger partial charge in [-0.2, -0.15) is 0 Å². The summed E-state index contributed by atoms with van der Waals surface area (Å²) in [6.45, 7) is 4.99. The number of unbranched alkanes of at least 4 members (excludes halogenated alkanes) is 55. The minimum atomic E-state index is -0.661. The smallest absolute Gasteiger partial charge is 0.305 e. The maximum absolute atomic E-state index is 12.5. The van der Waals surface area contributed by atoms with Crippen LogP contribution in [-0.4, -0.2) is 47.4 Å². The van der Waals surface area contributed by atoms with E-state index < -0.39 is 12.1 Å². The van der Waals surface area contributed by atoms with Crippen LogP contribution in [0.3, 0.4) is 0 Å². The second kappa shape index (κ2) is 68.1. The summed E-state index contributed by atoms with van der Waals surface area (Å²) in [5, 5.41) is 23.4. The summed E-state index contributed by atoms with van der Waals surface area (Å²) in [7, 11) is 0. The predicted octanol–water partition coefficient (Wildman–Crippen LogP) is 23.1. The number of carbonyl (C=O) groups excluding carboxylic acids is 2. The third kappa shape index (κ3) is 63.8. The van der Waals surface area contributed by atoms with Crippen LogP contribution in [0, 0.1) is 0 Å². The van der Waals surface area contributed by atoms with Gasteiger partial charge in [-0.05, 0) is 51.4 Å². The first-order valence-electron chi connectivity index (χ1n) is 35.9. The number of amides is 1. The van der Waals surface area contributed by atoms with Gasteiger partial charge in [0.25, 0.3) is 0 Å². The number of nitrogens with one attached hydrogen (secondary N) is 1. The van der Waals surface area contributed by atoms with Gasteiger partial charge in [-0.3, -0.25) is 9.59 Å². The molecular formula is C72H141NO5. The lowest BCUT2D eigenvalue weighted by atomic mass is 10.0. The monoisotopic (exact) mass is 1100 g/mol. The van der Waals surface area contributed by atoms with Crippen LogP contribution < -0.4 is 5.32 Å². The van der Waals surface area contributed by atoms with Crippen molar-refractivity contribution in [2.24, 2.45) is 0 Å². The second-order valence-electron chi connectivity index (χ2n) is 24.9. The first-order valence-corrected chi connectivity index (χ1v) is 35.9. The van der Waals surface area contributed by atoms with E-state index >= 15 is 0 Å². The van der Waals surface area contributed by atoms with E-state index in [0.717, 1.165) is 44.9 Å². The minimum Gasteiger partial charge on any atom is -0.466 e. The number of allylic oxidation sites excluding steroid dienone is 2. The molecule has 2 atom stereocenters. The van der Waals surface area contributed by atoms with E-state index in [1.807, 2.05) is 0 Å². The first-order chi connectivity index (χ1) is 38.5. The molecular weight excluding hydrogens is 959 g/mol. The van der Waals surface area contributed by atoms with Crippen molar-refractivity contribution in [3.63, 3.8) is 0 Å². The lowest BCUT2D eigenvalue weighted by Gasteiger charge is -2.22. The molecule has 1 amide bonds.